The Morgan fingerprint density at radius 1 is 0.618 bits per heavy atom. The normalized spacial score (nSPS) is 11.5. The van der Waals surface area contributed by atoms with E-state index in [4.69, 9.17) is 4.74 Å². The number of hydrogen-bond acceptors (Lipinski definition) is 1. The summed E-state index contributed by atoms with van der Waals surface area (Å²) >= 11 is 0. The van der Waals surface area contributed by atoms with E-state index in [2.05, 4.69) is 98.7 Å². The van der Waals surface area contributed by atoms with Crippen molar-refractivity contribution in [1.29, 1.82) is 0 Å². The van der Waals surface area contributed by atoms with E-state index in [1.54, 1.807) is 7.11 Å². The molecule has 0 aliphatic carbocycles. The second-order valence-electron chi connectivity index (χ2n) is 11.9. The standard InChI is InChI=1S/C11H16O.C11H16.C10H13F/c1-11(2,3)9-7-5-6-8-10(9)12-4;1-11(2,3)9-10-7-5-4-6-8-10;1-10(2,3)8-4-6-9(11)7-5-8/h5-8H,1-4H3;4-8H,9H2,1-3H3;4-7H,1-3H3. The van der Waals surface area contributed by atoms with Gasteiger partial charge in [-0.1, -0.05) is 123 Å². The van der Waals surface area contributed by atoms with Gasteiger partial charge >= 0.3 is 0 Å². The fraction of sp³-hybridized carbons (Fsp3) is 0.438. The maximum atomic E-state index is 12.5. The summed E-state index contributed by atoms with van der Waals surface area (Å²) in [4.78, 5) is 0. The molecule has 186 valence electrons. The van der Waals surface area contributed by atoms with Crippen LogP contribution in [-0.4, -0.2) is 7.11 Å². The van der Waals surface area contributed by atoms with Gasteiger partial charge in [-0.2, -0.15) is 0 Å². The van der Waals surface area contributed by atoms with E-state index in [1.165, 1.54) is 28.8 Å². The first-order valence-electron chi connectivity index (χ1n) is 12.1. The molecule has 3 aromatic carbocycles. The van der Waals surface area contributed by atoms with E-state index in [0.717, 1.165) is 12.2 Å². The molecule has 0 spiro atoms. The quantitative estimate of drug-likeness (QED) is 0.367. The summed E-state index contributed by atoms with van der Waals surface area (Å²) in [6, 6.07) is 25.4. The van der Waals surface area contributed by atoms with Gasteiger partial charge in [0.05, 0.1) is 7.11 Å². The molecule has 34 heavy (non-hydrogen) atoms. The molecular formula is C32H45FO. The molecule has 0 aromatic heterocycles. The number of benzene rings is 3. The largest absolute Gasteiger partial charge is 0.496 e. The van der Waals surface area contributed by atoms with Crippen molar-refractivity contribution in [3.8, 4) is 5.75 Å². The fourth-order valence-electron chi connectivity index (χ4n) is 3.42. The van der Waals surface area contributed by atoms with E-state index in [1.807, 2.05) is 30.3 Å². The van der Waals surface area contributed by atoms with E-state index < -0.39 is 0 Å². The van der Waals surface area contributed by atoms with Crippen LogP contribution < -0.4 is 4.74 Å². The average Bonchev–Trinajstić information content (AvgIpc) is 2.73. The molecule has 0 heterocycles. The molecule has 2 heteroatoms. The lowest BCUT2D eigenvalue weighted by molar-refractivity contribution is 0.397. The Morgan fingerprint density at radius 3 is 1.53 bits per heavy atom. The first kappa shape index (κ1) is 29.4. The number of methoxy groups -OCH3 is 1. The number of halogens is 1. The lowest BCUT2D eigenvalue weighted by atomic mass is 9.86. The zero-order chi connectivity index (χ0) is 26.0. The van der Waals surface area contributed by atoms with Gasteiger partial charge in [0, 0.05) is 0 Å². The van der Waals surface area contributed by atoms with Crippen molar-refractivity contribution < 1.29 is 9.13 Å². The van der Waals surface area contributed by atoms with Crippen molar-refractivity contribution in [3.05, 3.63) is 101 Å². The van der Waals surface area contributed by atoms with E-state index in [-0.39, 0.29) is 16.6 Å². The third-order valence-corrected chi connectivity index (χ3v) is 5.20. The number of ether oxygens (including phenoxy) is 1. The highest BCUT2D eigenvalue weighted by Gasteiger charge is 2.17. The Balaban J connectivity index is 0.000000255. The van der Waals surface area contributed by atoms with Crippen LogP contribution in [0.5, 0.6) is 5.75 Å². The van der Waals surface area contributed by atoms with Gasteiger partial charge in [0.25, 0.3) is 0 Å². The summed E-state index contributed by atoms with van der Waals surface area (Å²) in [6.07, 6.45) is 1.16. The van der Waals surface area contributed by atoms with Crippen molar-refractivity contribution in [2.24, 2.45) is 5.41 Å². The van der Waals surface area contributed by atoms with Gasteiger partial charge in [0.2, 0.25) is 0 Å². The zero-order valence-electron chi connectivity index (χ0n) is 23.0. The SMILES string of the molecule is CC(C)(C)Cc1ccccc1.CC(C)(C)c1ccc(F)cc1.COc1ccccc1C(C)(C)C. The summed E-state index contributed by atoms with van der Waals surface area (Å²) in [5, 5.41) is 0. The molecule has 0 N–H and O–H groups in total. The predicted octanol–water partition coefficient (Wildman–Crippen LogP) is 9.39. The smallest absolute Gasteiger partial charge is 0.123 e. The van der Waals surface area contributed by atoms with Crippen LogP contribution in [0.1, 0.15) is 79.0 Å². The van der Waals surface area contributed by atoms with Crippen molar-refractivity contribution in [1.82, 2.24) is 0 Å². The van der Waals surface area contributed by atoms with Crippen molar-refractivity contribution >= 4 is 0 Å². The Morgan fingerprint density at radius 2 is 1.12 bits per heavy atom. The maximum absolute atomic E-state index is 12.5. The first-order chi connectivity index (χ1) is 15.6. The summed E-state index contributed by atoms with van der Waals surface area (Å²) in [5.74, 6) is 0.808. The van der Waals surface area contributed by atoms with E-state index >= 15 is 0 Å². The number of para-hydroxylation sites is 1. The second-order valence-corrected chi connectivity index (χ2v) is 11.9. The summed E-state index contributed by atoms with van der Waals surface area (Å²) < 4.78 is 17.7. The molecule has 0 amide bonds. The van der Waals surface area contributed by atoms with Crippen LogP contribution in [0, 0.1) is 11.2 Å². The van der Waals surface area contributed by atoms with Crippen LogP contribution in [0.3, 0.4) is 0 Å². The molecule has 1 nitrogen and oxygen atoms in total. The number of rotatable bonds is 2. The first-order valence-corrected chi connectivity index (χ1v) is 12.1. The summed E-state index contributed by atoms with van der Waals surface area (Å²) in [7, 11) is 1.71. The zero-order valence-corrected chi connectivity index (χ0v) is 23.0. The van der Waals surface area contributed by atoms with Gasteiger partial charge in [-0.05, 0) is 57.6 Å². The molecule has 0 aliphatic rings. The third kappa shape index (κ3) is 11.5. The molecule has 0 bridgehead atoms. The van der Waals surface area contributed by atoms with E-state index in [9.17, 15) is 4.39 Å². The average molecular weight is 465 g/mol. The minimum absolute atomic E-state index is 0.119. The van der Waals surface area contributed by atoms with Crippen LogP contribution in [0.2, 0.25) is 0 Å². The van der Waals surface area contributed by atoms with Crippen LogP contribution in [0.15, 0.2) is 78.9 Å². The topological polar surface area (TPSA) is 9.23 Å². The van der Waals surface area contributed by atoms with Gasteiger partial charge in [0.1, 0.15) is 11.6 Å². The highest BCUT2D eigenvalue weighted by atomic mass is 19.1. The molecule has 3 rings (SSSR count). The van der Waals surface area contributed by atoms with Crippen LogP contribution >= 0.6 is 0 Å². The van der Waals surface area contributed by atoms with E-state index in [0.29, 0.717) is 5.41 Å². The highest BCUT2D eigenvalue weighted by Crippen LogP contribution is 2.30. The summed E-state index contributed by atoms with van der Waals surface area (Å²) in [6.45, 7) is 19.7. The fourth-order valence-corrected chi connectivity index (χ4v) is 3.42. The van der Waals surface area contributed by atoms with Gasteiger partial charge in [-0.25, -0.2) is 4.39 Å². The lowest BCUT2D eigenvalue weighted by Crippen LogP contribution is -2.12. The van der Waals surface area contributed by atoms with Gasteiger partial charge in [-0.3, -0.25) is 0 Å². The van der Waals surface area contributed by atoms with Crippen LogP contribution in [0.4, 0.5) is 4.39 Å². The molecule has 0 fully saturated rings. The molecule has 0 saturated carbocycles. The monoisotopic (exact) mass is 464 g/mol. The van der Waals surface area contributed by atoms with Gasteiger partial charge in [0.15, 0.2) is 0 Å². The lowest BCUT2D eigenvalue weighted by Gasteiger charge is -2.21. The van der Waals surface area contributed by atoms with Crippen molar-refractivity contribution in [2.45, 2.75) is 79.6 Å². The minimum atomic E-state index is -0.169. The Kier molecular flexibility index (Phi) is 11.0. The Hall–Kier alpha value is -2.61. The highest BCUT2D eigenvalue weighted by molar-refractivity contribution is 5.38. The Labute approximate surface area is 208 Å². The molecule has 3 aromatic rings. The second kappa shape index (κ2) is 12.7. The predicted molar refractivity (Wildman–Crippen MR) is 146 cm³/mol. The van der Waals surface area contributed by atoms with Crippen LogP contribution in [-0.2, 0) is 17.3 Å². The van der Waals surface area contributed by atoms with Crippen LogP contribution in [0.25, 0.3) is 0 Å². The molecule has 0 saturated heterocycles. The molecular weight excluding hydrogens is 419 g/mol. The van der Waals surface area contributed by atoms with Crippen molar-refractivity contribution in [3.63, 3.8) is 0 Å². The molecule has 0 atom stereocenters. The Bertz CT molecular complexity index is 953. The third-order valence-electron chi connectivity index (χ3n) is 5.20. The summed E-state index contributed by atoms with van der Waals surface area (Å²) in [5.41, 5.74) is 4.54. The molecule has 0 radical (unpaired) electrons. The van der Waals surface area contributed by atoms with Crippen molar-refractivity contribution in [2.75, 3.05) is 7.11 Å². The number of hydrogen-bond donors (Lipinski definition) is 0. The molecule has 0 aliphatic heterocycles. The minimum Gasteiger partial charge on any atom is -0.496 e. The maximum Gasteiger partial charge on any atom is 0.123 e. The van der Waals surface area contributed by atoms with Gasteiger partial charge in [-0.15, -0.1) is 0 Å². The van der Waals surface area contributed by atoms with Gasteiger partial charge < -0.3 is 4.74 Å². The molecule has 0 unspecified atom stereocenters.